The van der Waals surface area contributed by atoms with Crippen molar-refractivity contribution < 1.29 is 9.90 Å². The molecule has 1 aromatic heterocycles. The third-order valence-electron chi connectivity index (χ3n) is 2.60. The van der Waals surface area contributed by atoms with Crippen molar-refractivity contribution in [1.29, 1.82) is 0 Å². The van der Waals surface area contributed by atoms with Gasteiger partial charge in [0, 0.05) is 33.3 Å². The summed E-state index contributed by atoms with van der Waals surface area (Å²) in [6.07, 6.45) is 1.58. The Morgan fingerprint density at radius 1 is 1.59 bits per heavy atom. The number of aromatic nitrogens is 1. The molecule has 1 amide bonds. The highest BCUT2D eigenvalue weighted by Gasteiger charge is 2.06. The van der Waals surface area contributed by atoms with Crippen LogP contribution in [0.3, 0.4) is 0 Å². The van der Waals surface area contributed by atoms with E-state index in [0.29, 0.717) is 13.0 Å². The van der Waals surface area contributed by atoms with Gasteiger partial charge in [-0.15, -0.1) is 0 Å². The molecule has 0 aliphatic heterocycles. The van der Waals surface area contributed by atoms with Crippen LogP contribution in [0, 0.1) is 0 Å². The van der Waals surface area contributed by atoms with Crippen LogP contribution in [-0.2, 0) is 4.79 Å². The maximum absolute atomic E-state index is 11.1. The fourth-order valence-corrected chi connectivity index (χ4v) is 1.38. The standard InChI is InChI=1S/C12H19N3O2/c1-9(16)10-4-5-11(14-8-10)15(3)7-6-12(17)13-2/h4-5,8-9,16H,6-7H2,1-3H3,(H,13,17). The van der Waals surface area contributed by atoms with Gasteiger partial charge < -0.3 is 15.3 Å². The lowest BCUT2D eigenvalue weighted by atomic mass is 10.2. The Morgan fingerprint density at radius 2 is 2.29 bits per heavy atom. The number of pyridine rings is 1. The largest absolute Gasteiger partial charge is 0.389 e. The number of hydrogen-bond acceptors (Lipinski definition) is 4. The highest BCUT2D eigenvalue weighted by molar-refractivity contribution is 5.76. The van der Waals surface area contributed by atoms with E-state index in [2.05, 4.69) is 10.3 Å². The molecule has 0 aliphatic rings. The molecule has 5 heteroatoms. The van der Waals surface area contributed by atoms with E-state index in [9.17, 15) is 9.90 Å². The Balaban J connectivity index is 2.57. The molecule has 1 unspecified atom stereocenters. The summed E-state index contributed by atoms with van der Waals surface area (Å²) in [7, 11) is 3.51. The molecule has 1 aromatic rings. The SMILES string of the molecule is CNC(=O)CCN(C)c1ccc(C(C)O)cn1. The average molecular weight is 237 g/mol. The molecule has 0 saturated heterocycles. The topological polar surface area (TPSA) is 65.5 Å². The van der Waals surface area contributed by atoms with Crippen LogP contribution in [0.1, 0.15) is 25.0 Å². The zero-order chi connectivity index (χ0) is 12.8. The lowest BCUT2D eigenvalue weighted by Crippen LogP contribution is -2.26. The van der Waals surface area contributed by atoms with Crippen molar-refractivity contribution in [2.45, 2.75) is 19.4 Å². The fourth-order valence-electron chi connectivity index (χ4n) is 1.38. The summed E-state index contributed by atoms with van der Waals surface area (Å²) in [6, 6.07) is 3.68. The lowest BCUT2D eigenvalue weighted by molar-refractivity contribution is -0.120. The third kappa shape index (κ3) is 4.03. The molecular formula is C12H19N3O2. The van der Waals surface area contributed by atoms with E-state index in [1.165, 1.54) is 0 Å². The second-order valence-electron chi connectivity index (χ2n) is 3.97. The zero-order valence-corrected chi connectivity index (χ0v) is 10.5. The molecule has 17 heavy (non-hydrogen) atoms. The van der Waals surface area contributed by atoms with Gasteiger partial charge in [0.25, 0.3) is 0 Å². The van der Waals surface area contributed by atoms with Crippen LogP contribution in [0.2, 0.25) is 0 Å². The average Bonchev–Trinajstić information content (AvgIpc) is 2.35. The highest BCUT2D eigenvalue weighted by Crippen LogP contribution is 2.14. The first-order valence-electron chi connectivity index (χ1n) is 5.60. The summed E-state index contributed by atoms with van der Waals surface area (Å²) in [5.74, 6) is 0.802. The number of carbonyl (C=O) groups is 1. The van der Waals surface area contributed by atoms with E-state index in [0.717, 1.165) is 11.4 Å². The molecule has 0 bridgehead atoms. The van der Waals surface area contributed by atoms with Crippen molar-refractivity contribution >= 4 is 11.7 Å². The summed E-state index contributed by atoms with van der Waals surface area (Å²) >= 11 is 0. The molecule has 2 N–H and O–H groups in total. The van der Waals surface area contributed by atoms with Crippen molar-refractivity contribution in [2.24, 2.45) is 0 Å². The maximum Gasteiger partial charge on any atom is 0.221 e. The first-order valence-corrected chi connectivity index (χ1v) is 5.60. The Labute approximate surface area is 101 Å². The number of nitrogens with one attached hydrogen (secondary N) is 1. The van der Waals surface area contributed by atoms with Crippen LogP contribution in [0.4, 0.5) is 5.82 Å². The molecule has 0 aromatic carbocycles. The summed E-state index contributed by atoms with van der Waals surface area (Å²) in [4.78, 5) is 17.2. The number of aliphatic hydroxyl groups is 1. The van der Waals surface area contributed by atoms with E-state index >= 15 is 0 Å². The second kappa shape index (κ2) is 6.20. The minimum Gasteiger partial charge on any atom is -0.389 e. The molecule has 5 nitrogen and oxygen atoms in total. The van der Waals surface area contributed by atoms with Gasteiger partial charge >= 0.3 is 0 Å². The number of carbonyl (C=O) groups excluding carboxylic acids is 1. The van der Waals surface area contributed by atoms with Gasteiger partial charge in [0.2, 0.25) is 5.91 Å². The molecule has 94 valence electrons. The van der Waals surface area contributed by atoms with Gasteiger partial charge in [-0.1, -0.05) is 6.07 Å². The van der Waals surface area contributed by atoms with Gasteiger partial charge in [-0.2, -0.15) is 0 Å². The quantitative estimate of drug-likeness (QED) is 0.791. The summed E-state index contributed by atoms with van der Waals surface area (Å²) in [5, 5.41) is 11.9. The van der Waals surface area contributed by atoms with Crippen LogP contribution >= 0.6 is 0 Å². The van der Waals surface area contributed by atoms with E-state index in [4.69, 9.17) is 0 Å². The van der Waals surface area contributed by atoms with Gasteiger partial charge in [0.05, 0.1) is 6.10 Å². The van der Waals surface area contributed by atoms with E-state index in [1.54, 1.807) is 20.2 Å². The summed E-state index contributed by atoms with van der Waals surface area (Å²) < 4.78 is 0. The number of rotatable bonds is 5. The summed E-state index contributed by atoms with van der Waals surface area (Å²) in [6.45, 7) is 2.31. The Bertz CT molecular complexity index is 363. The van der Waals surface area contributed by atoms with Crippen molar-refractivity contribution in [3.05, 3.63) is 23.9 Å². The normalized spacial score (nSPS) is 12.0. The molecule has 0 radical (unpaired) electrons. The maximum atomic E-state index is 11.1. The van der Waals surface area contributed by atoms with Crippen LogP contribution in [0.25, 0.3) is 0 Å². The minimum atomic E-state index is -0.507. The van der Waals surface area contributed by atoms with Crippen LogP contribution in [0.5, 0.6) is 0 Å². The predicted molar refractivity (Wildman–Crippen MR) is 66.8 cm³/mol. The number of nitrogens with zero attached hydrogens (tertiary/aromatic N) is 2. The van der Waals surface area contributed by atoms with Crippen molar-refractivity contribution in [2.75, 3.05) is 25.5 Å². The molecule has 0 fully saturated rings. The zero-order valence-electron chi connectivity index (χ0n) is 10.5. The molecule has 0 aliphatic carbocycles. The highest BCUT2D eigenvalue weighted by atomic mass is 16.3. The number of hydrogen-bond donors (Lipinski definition) is 2. The van der Waals surface area contributed by atoms with Crippen molar-refractivity contribution in [3.63, 3.8) is 0 Å². The van der Waals surface area contributed by atoms with Gasteiger partial charge in [0.1, 0.15) is 5.82 Å². The van der Waals surface area contributed by atoms with Gasteiger partial charge in [-0.25, -0.2) is 4.98 Å². The van der Waals surface area contributed by atoms with Gasteiger partial charge in [-0.05, 0) is 18.6 Å². The number of anilines is 1. The third-order valence-corrected chi connectivity index (χ3v) is 2.60. The smallest absolute Gasteiger partial charge is 0.221 e. The van der Waals surface area contributed by atoms with Gasteiger partial charge in [-0.3, -0.25) is 4.79 Å². The van der Waals surface area contributed by atoms with Crippen molar-refractivity contribution in [3.8, 4) is 0 Å². The monoisotopic (exact) mass is 237 g/mol. The number of aliphatic hydroxyl groups excluding tert-OH is 1. The second-order valence-corrected chi connectivity index (χ2v) is 3.97. The first kappa shape index (κ1) is 13.4. The fraction of sp³-hybridized carbons (Fsp3) is 0.500. The molecule has 1 rings (SSSR count). The minimum absolute atomic E-state index is 0.0115. The predicted octanol–water partition coefficient (Wildman–Crippen LogP) is 0.707. The molecule has 0 saturated carbocycles. The molecule has 1 atom stereocenters. The summed E-state index contributed by atoms with van der Waals surface area (Å²) in [5.41, 5.74) is 0.786. The Hall–Kier alpha value is -1.62. The lowest BCUT2D eigenvalue weighted by Gasteiger charge is -2.18. The number of amides is 1. The van der Waals surface area contributed by atoms with Crippen LogP contribution in [0.15, 0.2) is 18.3 Å². The van der Waals surface area contributed by atoms with Gasteiger partial charge in [0.15, 0.2) is 0 Å². The van der Waals surface area contributed by atoms with Crippen LogP contribution in [-0.4, -0.2) is 36.6 Å². The van der Waals surface area contributed by atoms with Crippen LogP contribution < -0.4 is 10.2 Å². The first-order chi connectivity index (χ1) is 8.04. The van der Waals surface area contributed by atoms with E-state index in [1.807, 2.05) is 24.1 Å². The van der Waals surface area contributed by atoms with E-state index in [-0.39, 0.29) is 5.91 Å². The van der Waals surface area contributed by atoms with E-state index < -0.39 is 6.10 Å². The Morgan fingerprint density at radius 3 is 2.76 bits per heavy atom. The molecule has 0 spiro atoms. The Kier molecular flexibility index (Phi) is 4.90. The molecule has 1 heterocycles. The molecular weight excluding hydrogens is 218 g/mol. The van der Waals surface area contributed by atoms with Crippen molar-refractivity contribution in [1.82, 2.24) is 10.3 Å².